The summed E-state index contributed by atoms with van der Waals surface area (Å²) in [5.41, 5.74) is 2.67. The van der Waals surface area contributed by atoms with Gasteiger partial charge in [0, 0.05) is 11.8 Å². The van der Waals surface area contributed by atoms with Crippen molar-refractivity contribution in [3.05, 3.63) is 35.9 Å². The third kappa shape index (κ3) is 5.76. The van der Waals surface area contributed by atoms with Crippen LogP contribution in [0.25, 0.3) is 0 Å². The molecule has 106 valence electrons. The molecule has 7 heteroatoms. The van der Waals surface area contributed by atoms with Gasteiger partial charge in [-0.25, -0.2) is 5.43 Å². The van der Waals surface area contributed by atoms with Gasteiger partial charge >= 0.3 is 0 Å². The highest BCUT2D eigenvalue weighted by Crippen LogP contribution is 1.96. The molecule has 20 heavy (non-hydrogen) atoms. The van der Waals surface area contributed by atoms with Gasteiger partial charge in [0.15, 0.2) is 0 Å². The van der Waals surface area contributed by atoms with Crippen molar-refractivity contribution in [3.63, 3.8) is 0 Å². The van der Waals surface area contributed by atoms with E-state index in [9.17, 15) is 14.4 Å². The Balaban J connectivity index is 2.26. The molecule has 0 saturated carbocycles. The second kappa shape index (κ2) is 8.41. The lowest BCUT2D eigenvalue weighted by Crippen LogP contribution is -2.41. The molecule has 3 amide bonds. The van der Waals surface area contributed by atoms with Crippen LogP contribution in [0, 0.1) is 0 Å². The summed E-state index contributed by atoms with van der Waals surface area (Å²) in [6, 6.07) is 8.54. The number of nitrogens with one attached hydrogen (secondary N) is 3. The van der Waals surface area contributed by atoms with E-state index in [2.05, 4.69) is 21.2 Å². The lowest BCUT2D eigenvalue weighted by atomic mass is 10.2. The van der Waals surface area contributed by atoms with Gasteiger partial charge in [-0.1, -0.05) is 18.2 Å². The predicted octanol–water partition coefficient (Wildman–Crippen LogP) is -0.345. The molecule has 0 aromatic heterocycles. The largest absolute Gasteiger partial charge is 0.345 e. The molecule has 0 heterocycles. The smallest absolute Gasteiger partial charge is 0.259 e. The lowest BCUT2D eigenvalue weighted by molar-refractivity contribution is -0.125. The molecule has 0 fully saturated rings. The monoisotopic (exact) mass is 276 g/mol. The van der Waals surface area contributed by atoms with Gasteiger partial charge < -0.3 is 10.6 Å². The maximum Gasteiger partial charge on any atom is 0.259 e. The van der Waals surface area contributed by atoms with Crippen LogP contribution in [0.2, 0.25) is 0 Å². The molecule has 0 unspecified atom stereocenters. The molecule has 0 aliphatic heterocycles. The number of hydrazone groups is 1. The molecule has 3 N–H and O–H groups in total. The molecule has 0 bridgehead atoms. The Bertz CT molecular complexity index is 500. The zero-order valence-corrected chi connectivity index (χ0v) is 11.1. The second-order valence-corrected chi connectivity index (χ2v) is 3.75. The van der Waals surface area contributed by atoms with E-state index in [0.29, 0.717) is 5.56 Å². The summed E-state index contributed by atoms with van der Waals surface area (Å²) >= 11 is 0. The van der Waals surface area contributed by atoms with Crippen molar-refractivity contribution in [1.29, 1.82) is 0 Å². The van der Waals surface area contributed by atoms with Crippen molar-refractivity contribution in [2.24, 2.45) is 5.10 Å². The van der Waals surface area contributed by atoms with Gasteiger partial charge in [0.25, 0.3) is 11.8 Å². The second-order valence-electron chi connectivity index (χ2n) is 3.75. The summed E-state index contributed by atoms with van der Waals surface area (Å²) in [5, 5.41) is 8.33. The minimum Gasteiger partial charge on any atom is -0.345 e. The van der Waals surface area contributed by atoms with E-state index in [1.165, 1.54) is 6.21 Å². The highest BCUT2D eigenvalue weighted by molar-refractivity contribution is 5.96. The molecule has 0 aliphatic rings. The maximum absolute atomic E-state index is 11.6. The van der Waals surface area contributed by atoms with Crippen molar-refractivity contribution in [3.8, 4) is 0 Å². The van der Waals surface area contributed by atoms with Gasteiger partial charge in [-0.3, -0.25) is 14.4 Å². The summed E-state index contributed by atoms with van der Waals surface area (Å²) in [4.78, 5) is 34.2. The molecular weight excluding hydrogens is 260 g/mol. The van der Waals surface area contributed by atoms with Crippen molar-refractivity contribution in [2.75, 3.05) is 13.1 Å². The summed E-state index contributed by atoms with van der Waals surface area (Å²) in [6.45, 7) is 1.26. The Morgan fingerprint density at radius 2 is 1.70 bits per heavy atom. The first kappa shape index (κ1) is 15.4. The van der Waals surface area contributed by atoms with Crippen molar-refractivity contribution < 1.29 is 14.4 Å². The molecule has 7 nitrogen and oxygen atoms in total. The Labute approximate surface area is 116 Å². The number of amides is 3. The number of hydrogen-bond donors (Lipinski definition) is 3. The molecule has 1 aromatic rings. The highest BCUT2D eigenvalue weighted by Gasteiger charge is 2.08. The van der Waals surface area contributed by atoms with E-state index < -0.39 is 11.8 Å². The fourth-order valence-electron chi connectivity index (χ4n) is 1.27. The minimum absolute atomic E-state index is 0.196. The van der Waals surface area contributed by atoms with Crippen LogP contribution >= 0.6 is 0 Å². The van der Waals surface area contributed by atoms with Crippen LogP contribution in [0.1, 0.15) is 17.3 Å². The quantitative estimate of drug-likeness (QED) is 0.489. The van der Waals surface area contributed by atoms with Gasteiger partial charge in [-0.2, -0.15) is 5.10 Å². The third-order valence-corrected chi connectivity index (χ3v) is 2.21. The van der Waals surface area contributed by atoms with E-state index in [1.807, 2.05) is 0 Å². The molecule has 0 saturated heterocycles. The van der Waals surface area contributed by atoms with Gasteiger partial charge in [-0.15, -0.1) is 0 Å². The normalized spacial score (nSPS) is 10.1. The Morgan fingerprint density at radius 3 is 2.35 bits per heavy atom. The SMILES string of the molecule is C/C=N/NC(=O)CNC(=O)CNC(=O)c1ccccc1. The summed E-state index contributed by atoms with van der Waals surface area (Å²) < 4.78 is 0. The van der Waals surface area contributed by atoms with E-state index >= 15 is 0 Å². The van der Waals surface area contributed by atoms with Gasteiger partial charge in [0.2, 0.25) is 5.91 Å². The van der Waals surface area contributed by atoms with E-state index in [0.717, 1.165) is 0 Å². The van der Waals surface area contributed by atoms with Crippen molar-refractivity contribution >= 4 is 23.9 Å². The van der Waals surface area contributed by atoms with Crippen LogP contribution in [-0.4, -0.2) is 37.0 Å². The fourth-order valence-corrected chi connectivity index (χ4v) is 1.27. The first-order valence-corrected chi connectivity index (χ1v) is 6.00. The number of rotatable bonds is 6. The first-order valence-electron chi connectivity index (χ1n) is 6.00. The molecule has 0 atom stereocenters. The molecule has 0 radical (unpaired) electrons. The highest BCUT2D eigenvalue weighted by atomic mass is 16.2. The lowest BCUT2D eigenvalue weighted by Gasteiger charge is -2.06. The zero-order chi connectivity index (χ0) is 14.8. The van der Waals surface area contributed by atoms with Gasteiger partial charge in [0.05, 0.1) is 13.1 Å². The first-order chi connectivity index (χ1) is 9.63. The van der Waals surface area contributed by atoms with Crippen LogP contribution in [-0.2, 0) is 9.59 Å². The number of hydrogen-bond acceptors (Lipinski definition) is 4. The topological polar surface area (TPSA) is 99.7 Å². The molecule has 0 aliphatic carbocycles. The predicted molar refractivity (Wildman–Crippen MR) is 74.1 cm³/mol. The standard InChI is InChI=1S/C13H16N4O3/c1-2-16-17-12(19)9-14-11(18)8-15-13(20)10-6-4-3-5-7-10/h2-7H,8-9H2,1H3,(H,14,18)(H,15,20)(H,17,19)/b16-2+. The van der Waals surface area contributed by atoms with Crippen LogP contribution in [0.5, 0.6) is 0 Å². The molecule has 0 spiro atoms. The van der Waals surface area contributed by atoms with Crippen LogP contribution in [0.15, 0.2) is 35.4 Å². The van der Waals surface area contributed by atoms with E-state index in [-0.39, 0.29) is 19.0 Å². The third-order valence-electron chi connectivity index (χ3n) is 2.21. The Kier molecular flexibility index (Phi) is 6.46. The maximum atomic E-state index is 11.6. The summed E-state index contributed by atoms with van der Waals surface area (Å²) in [6.07, 6.45) is 1.42. The molecule has 1 rings (SSSR count). The number of carbonyl (C=O) groups is 3. The average molecular weight is 276 g/mol. The van der Waals surface area contributed by atoms with Crippen LogP contribution in [0.4, 0.5) is 0 Å². The molecular formula is C13H16N4O3. The minimum atomic E-state index is -0.454. The average Bonchev–Trinajstić information content (AvgIpc) is 2.49. The summed E-state index contributed by atoms with van der Waals surface area (Å²) in [5.74, 6) is -1.24. The van der Waals surface area contributed by atoms with Gasteiger partial charge in [-0.05, 0) is 19.1 Å². The summed E-state index contributed by atoms with van der Waals surface area (Å²) in [7, 11) is 0. The number of nitrogens with zero attached hydrogens (tertiary/aromatic N) is 1. The van der Waals surface area contributed by atoms with Gasteiger partial charge in [0.1, 0.15) is 0 Å². The Morgan fingerprint density at radius 1 is 1.05 bits per heavy atom. The van der Waals surface area contributed by atoms with Crippen molar-refractivity contribution in [2.45, 2.75) is 6.92 Å². The number of benzene rings is 1. The van der Waals surface area contributed by atoms with E-state index in [1.54, 1.807) is 37.3 Å². The van der Waals surface area contributed by atoms with E-state index in [4.69, 9.17) is 0 Å². The Hall–Kier alpha value is -2.70. The number of carbonyl (C=O) groups excluding carboxylic acids is 3. The fraction of sp³-hybridized carbons (Fsp3) is 0.231. The van der Waals surface area contributed by atoms with Crippen LogP contribution in [0.3, 0.4) is 0 Å². The zero-order valence-electron chi connectivity index (χ0n) is 11.1. The van der Waals surface area contributed by atoms with Crippen LogP contribution < -0.4 is 16.1 Å². The van der Waals surface area contributed by atoms with Crippen molar-refractivity contribution in [1.82, 2.24) is 16.1 Å². The molecule has 1 aromatic carbocycles.